The highest BCUT2D eigenvalue weighted by Gasteiger charge is 2.21. The summed E-state index contributed by atoms with van der Waals surface area (Å²) in [6, 6.07) is 9.56. The molecule has 1 aromatic heterocycles. The minimum Gasteiger partial charge on any atom is -0.495 e. The van der Waals surface area contributed by atoms with Crippen LogP contribution < -0.4 is 24.8 Å². The zero-order chi connectivity index (χ0) is 22.9. The zero-order valence-corrected chi connectivity index (χ0v) is 19.7. The predicted octanol–water partition coefficient (Wildman–Crippen LogP) is 4.65. The van der Waals surface area contributed by atoms with Crippen molar-refractivity contribution < 1.29 is 17.9 Å². The molecule has 0 unspecified atom stereocenters. The van der Waals surface area contributed by atoms with Crippen molar-refractivity contribution in [3.8, 4) is 17.2 Å². The largest absolute Gasteiger partial charge is 0.495 e. The minimum absolute atomic E-state index is 0.00589. The fraction of sp³-hybridized carbons (Fsp3) is 0.174. The van der Waals surface area contributed by atoms with Gasteiger partial charge < -0.3 is 9.47 Å². The van der Waals surface area contributed by atoms with Crippen LogP contribution in [-0.4, -0.2) is 20.5 Å². The number of anilines is 1. The highest BCUT2D eigenvalue weighted by Crippen LogP contribution is 2.39. The van der Waals surface area contributed by atoms with Gasteiger partial charge in [-0.1, -0.05) is 41.4 Å². The highest BCUT2D eigenvalue weighted by molar-refractivity contribution is 7.92. The van der Waals surface area contributed by atoms with Crippen LogP contribution in [0.4, 0.5) is 5.69 Å². The van der Waals surface area contributed by atoms with Gasteiger partial charge in [-0.15, -0.1) is 0 Å². The van der Waals surface area contributed by atoms with Crippen molar-refractivity contribution in [3.05, 3.63) is 68.8 Å². The summed E-state index contributed by atoms with van der Waals surface area (Å²) < 4.78 is 39.4. The predicted molar refractivity (Wildman–Crippen MR) is 127 cm³/mol. The van der Waals surface area contributed by atoms with Gasteiger partial charge in [0.05, 0.1) is 34.4 Å². The quantitative estimate of drug-likeness (QED) is 0.543. The Balaban J connectivity index is 1.62. The van der Waals surface area contributed by atoms with Gasteiger partial charge in [0.15, 0.2) is 5.75 Å². The van der Waals surface area contributed by atoms with Gasteiger partial charge in [0.2, 0.25) is 0 Å². The van der Waals surface area contributed by atoms with E-state index in [1.54, 1.807) is 18.3 Å². The average molecular weight is 491 g/mol. The molecular formula is C23H20Cl2N2O4S. The lowest BCUT2D eigenvalue weighted by Crippen LogP contribution is -2.29. The standard InChI is InChI=1S/C23H20Cl2N2O4S/c1-14-7-8-22(21(9-14)30-2)32(28,29)27-16-11-18(24)23(19(25)12-16)31-17-10-15-5-3-4-6-20(15)26-13-17/h5-13,27H,3-4H2,1-2H3. The monoisotopic (exact) mass is 490 g/mol. The lowest BCUT2D eigenvalue weighted by Gasteiger charge is -2.15. The van der Waals surface area contributed by atoms with Crippen LogP contribution in [-0.2, 0) is 10.0 Å². The number of aromatic nitrogens is 1. The SMILES string of the molecule is COc1cc(C)ccc1S(=O)(=O)Nc1cc(Cl)c(Oc2cnc3c(c2)=CCCC=3)c(Cl)c1. The smallest absolute Gasteiger partial charge is 0.265 e. The van der Waals surface area contributed by atoms with Crippen LogP contribution in [0.25, 0.3) is 12.2 Å². The van der Waals surface area contributed by atoms with Gasteiger partial charge >= 0.3 is 0 Å². The second-order valence-electron chi connectivity index (χ2n) is 7.26. The van der Waals surface area contributed by atoms with Crippen molar-refractivity contribution in [2.45, 2.75) is 24.7 Å². The maximum Gasteiger partial charge on any atom is 0.265 e. The number of halogens is 2. The average Bonchev–Trinajstić information content (AvgIpc) is 2.75. The Morgan fingerprint density at radius 1 is 1.03 bits per heavy atom. The van der Waals surface area contributed by atoms with E-state index in [9.17, 15) is 8.42 Å². The van der Waals surface area contributed by atoms with Crippen LogP contribution in [0, 0.1) is 6.92 Å². The molecule has 0 fully saturated rings. The van der Waals surface area contributed by atoms with Gasteiger partial charge in [0.1, 0.15) is 16.4 Å². The molecule has 2 aromatic carbocycles. The van der Waals surface area contributed by atoms with E-state index in [4.69, 9.17) is 32.7 Å². The van der Waals surface area contributed by atoms with E-state index in [1.165, 1.54) is 25.3 Å². The summed E-state index contributed by atoms with van der Waals surface area (Å²) in [4.78, 5) is 4.40. The third-order valence-corrected chi connectivity index (χ3v) is 6.85. The van der Waals surface area contributed by atoms with Crippen molar-refractivity contribution in [1.82, 2.24) is 4.98 Å². The van der Waals surface area contributed by atoms with E-state index in [0.29, 0.717) is 5.75 Å². The molecule has 0 atom stereocenters. The number of benzene rings is 2. The molecule has 0 saturated carbocycles. The molecular weight excluding hydrogens is 471 g/mol. The zero-order valence-electron chi connectivity index (χ0n) is 17.4. The van der Waals surface area contributed by atoms with Gasteiger partial charge in [-0.05, 0) is 60.9 Å². The number of hydrogen-bond acceptors (Lipinski definition) is 5. The number of sulfonamides is 1. The van der Waals surface area contributed by atoms with Crippen molar-refractivity contribution >= 4 is 51.1 Å². The fourth-order valence-electron chi connectivity index (χ4n) is 3.36. The first-order valence-corrected chi connectivity index (χ1v) is 12.0. The molecule has 166 valence electrons. The van der Waals surface area contributed by atoms with Crippen LogP contribution in [0.15, 0.2) is 47.5 Å². The molecule has 9 heteroatoms. The summed E-state index contributed by atoms with van der Waals surface area (Å²) in [6.07, 6.45) is 7.67. The first-order chi connectivity index (χ1) is 15.3. The topological polar surface area (TPSA) is 77.5 Å². The lowest BCUT2D eigenvalue weighted by atomic mass is 10.1. The molecule has 0 aliphatic heterocycles. The number of rotatable bonds is 6. The summed E-state index contributed by atoms with van der Waals surface area (Å²) in [6.45, 7) is 1.85. The van der Waals surface area contributed by atoms with E-state index in [1.807, 2.05) is 13.0 Å². The van der Waals surface area contributed by atoms with Gasteiger partial charge in [0.25, 0.3) is 10.0 Å². The number of methoxy groups -OCH3 is 1. The molecule has 4 rings (SSSR count). The van der Waals surface area contributed by atoms with Crippen LogP contribution in [0.5, 0.6) is 17.2 Å². The van der Waals surface area contributed by atoms with E-state index in [0.717, 1.165) is 29.0 Å². The van der Waals surface area contributed by atoms with Gasteiger partial charge in [0, 0.05) is 0 Å². The van der Waals surface area contributed by atoms with E-state index < -0.39 is 10.0 Å². The maximum atomic E-state index is 12.9. The molecule has 1 N–H and O–H groups in total. The second kappa shape index (κ2) is 9.02. The number of aryl methyl sites for hydroxylation is 1. The molecule has 32 heavy (non-hydrogen) atoms. The fourth-order valence-corrected chi connectivity index (χ4v) is 5.12. The Morgan fingerprint density at radius 2 is 1.75 bits per heavy atom. The summed E-state index contributed by atoms with van der Waals surface area (Å²) in [5.41, 5.74) is 1.07. The molecule has 0 saturated heterocycles. The number of hydrogen-bond donors (Lipinski definition) is 1. The molecule has 3 aromatic rings. The van der Waals surface area contributed by atoms with Gasteiger partial charge in [-0.3, -0.25) is 9.71 Å². The summed E-state index contributed by atoms with van der Waals surface area (Å²) >= 11 is 12.8. The summed E-state index contributed by atoms with van der Waals surface area (Å²) in [5.74, 6) is 0.936. The molecule has 1 heterocycles. The Labute approximate surface area is 196 Å². The summed E-state index contributed by atoms with van der Waals surface area (Å²) in [7, 11) is -2.52. The molecule has 0 spiro atoms. The summed E-state index contributed by atoms with van der Waals surface area (Å²) in [5, 5.41) is 2.20. The number of ether oxygens (including phenoxy) is 2. The van der Waals surface area contributed by atoms with Crippen LogP contribution >= 0.6 is 23.2 Å². The van der Waals surface area contributed by atoms with Crippen molar-refractivity contribution in [2.75, 3.05) is 11.8 Å². The van der Waals surface area contributed by atoms with Gasteiger partial charge in [-0.2, -0.15) is 0 Å². The van der Waals surface area contributed by atoms with Crippen LogP contribution in [0.1, 0.15) is 18.4 Å². The molecule has 0 bridgehead atoms. The number of nitrogens with zero attached hydrogens (tertiary/aromatic N) is 1. The Morgan fingerprint density at radius 3 is 2.47 bits per heavy atom. The molecule has 1 aliphatic carbocycles. The second-order valence-corrected chi connectivity index (χ2v) is 9.73. The number of fused-ring (bicyclic) bond motifs is 1. The van der Waals surface area contributed by atoms with Crippen molar-refractivity contribution in [1.29, 1.82) is 0 Å². The van der Waals surface area contributed by atoms with Crippen molar-refractivity contribution in [2.24, 2.45) is 0 Å². The van der Waals surface area contributed by atoms with E-state index in [-0.39, 0.29) is 32.1 Å². The molecule has 0 amide bonds. The van der Waals surface area contributed by atoms with Crippen LogP contribution in [0.2, 0.25) is 10.0 Å². The first-order valence-electron chi connectivity index (χ1n) is 9.77. The third kappa shape index (κ3) is 4.70. The normalized spacial score (nSPS) is 12.9. The lowest BCUT2D eigenvalue weighted by molar-refractivity contribution is 0.402. The number of nitrogens with one attached hydrogen (secondary N) is 1. The van der Waals surface area contributed by atoms with Crippen LogP contribution in [0.3, 0.4) is 0 Å². The minimum atomic E-state index is -3.94. The van der Waals surface area contributed by atoms with E-state index >= 15 is 0 Å². The first kappa shape index (κ1) is 22.5. The highest BCUT2D eigenvalue weighted by atomic mass is 35.5. The van der Waals surface area contributed by atoms with Crippen molar-refractivity contribution in [3.63, 3.8) is 0 Å². The van der Waals surface area contributed by atoms with Gasteiger partial charge in [-0.25, -0.2) is 8.42 Å². The third-order valence-electron chi connectivity index (χ3n) is 4.87. The Kier molecular flexibility index (Phi) is 6.33. The molecule has 0 radical (unpaired) electrons. The Hall–Kier alpha value is -2.74. The Bertz CT molecular complexity index is 1400. The molecule has 6 nitrogen and oxygen atoms in total. The number of pyridine rings is 1. The maximum absolute atomic E-state index is 12.9. The molecule has 1 aliphatic rings. The van der Waals surface area contributed by atoms with E-state index in [2.05, 4.69) is 21.9 Å².